The van der Waals surface area contributed by atoms with Gasteiger partial charge in [0.15, 0.2) is 16.7 Å². The molecule has 5 aromatic rings. The number of ether oxygens (including phenoxy) is 1. The van der Waals surface area contributed by atoms with Crippen LogP contribution in [0.1, 0.15) is 48.6 Å². The van der Waals surface area contributed by atoms with Gasteiger partial charge < -0.3 is 13.7 Å². The molecular formula is C27H24BrClN6O3. The molecule has 0 aliphatic rings. The number of nitrogens with one attached hydrogen (secondary N) is 1. The molecule has 2 aromatic carbocycles. The zero-order valence-electron chi connectivity index (χ0n) is 20.7. The van der Waals surface area contributed by atoms with Crippen LogP contribution in [0.3, 0.4) is 0 Å². The Morgan fingerprint density at radius 1 is 1.21 bits per heavy atom. The summed E-state index contributed by atoms with van der Waals surface area (Å²) < 4.78 is 14.1. The number of H-pyrrole nitrogens is 1. The smallest absolute Gasteiger partial charge is 0.358 e. The Morgan fingerprint density at radius 3 is 2.76 bits per heavy atom. The van der Waals surface area contributed by atoms with Crippen molar-refractivity contribution in [2.75, 3.05) is 6.61 Å². The number of unbranched alkanes of at least 4 members (excludes halogenated alkanes) is 1. The Balaban J connectivity index is 1.56. The second kappa shape index (κ2) is 11.3. The summed E-state index contributed by atoms with van der Waals surface area (Å²) in [5.41, 5.74) is 3.52. The molecule has 5 rings (SSSR count). The van der Waals surface area contributed by atoms with Crippen molar-refractivity contribution < 1.29 is 13.9 Å². The molecular weight excluding hydrogens is 572 g/mol. The molecule has 0 bridgehead atoms. The molecule has 0 atom stereocenters. The van der Waals surface area contributed by atoms with Crippen LogP contribution in [0.4, 0.5) is 0 Å². The number of carbonyl (C=O) groups is 1. The van der Waals surface area contributed by atoms with Gasteiger partial charge in [0, 0.05) is 23.1 Å². The zero-order valence-corrected chi connectivity index (χ0v) is 23.1. The molecule has 0 saturated carbocycles. The van der Waals surface area contributed by atoms with Crippen molar-refractivity contribution >= 4 is 50.5 Å². The summed E-state index contributed by atoms with van der Waals surface area (Å²) in [7, 11) is 0. The molecule has 1 N–H and O–H groups in total. The monoisotopic (exact) mass is 594 g/mol. The number of imidazole rings is 1. The van der Waals surface area contributed by atoms with E-state index >= 15 is 0 Å². The number of nitrogens with zero attached hydrogens (tertiary/aromatic N) is 5. The van der Waals surface area contributed by atoms with Crippen LogP contribution < -0.4 is 0 Å². The van der Waals surface area contributed by atoms with Crippen molar-refractivity contribution in [3.63, 3.8) is 0 Å². The highest BCUT2D eigenvalue weighted by molar-refractivity contribution is 9.10. The number of allylic oxidation sites excluding steroid dienone is 1. The predicted molar refractivity (Wildman–Crippen MR) is 149 cm³/mol. The quantitative estimate of drug-likeness (QED) is 0.184. The summed E-state index contributed by atoms with van der Waals surface area (Å²) in [5, 5.41) is 15.3. The molecule has 3 aromatic heterocycles. The molecule has 11 heteroatoms. The van der Waals surface area contributed by atoms with Crippen molar-refractivity contribution in [3.05, 3.63) is 75.2 Å². The van der Waals surface area contributed by atoms with Crippen molar-refractivity contribution in [1.82, 2.24) is 30.2 Å². The highest BCUT2D eigenvalue weighted by Crippen LogP contribution is 2.41. The van der Waals surface area contributed by atoms with Crippen LogP contribution in [0.25, 0.3) is 39.8 Å². The number of fused-ring (bicyclic) bond motifs is 1. The van der Waals surface area contributed by atoms with Crippen molar-refractivity contribution in [2.45, 2.75) is 33.2 Å². The zero-order chi connectivity index (χ0) is 26.6. The van der Waals surface area contributed by atoms with Gasteiger partial charge in [-0.15, -0.1) is 5.10 Å². The fourth-order valence-electron chi connectivity index (χ4n) is 4.21. The van der Waals surface area contributed by atoms with Gasteiger partial charge in [-0.3, -0.25) is 0 Å². The van der Waals surface area contributed by atoms with E-state index in [0.29, 0.717) is 29.5 Å². The number of benzene rings is 2. The third-order valence-corrected chi connectivity index (χ3v) is 7.00. The number of furan rings is 1. The van der Waals surface area contributed by atoms with Gasteiger partial charge >= 0.3 is 5.97 Å². The third kappa shape index (κ3) is 5.01. The second-order valence-electron chi connectivity index (χ2n) is 8.48. The first-order valence-electron chi connectivity index (χ1n) is 12.2. The minimum Gasteiger partial charge on any atom is -0.461 e. The second-order valence-corrected chi connectivity index (χ2v) is 9.63. The van der Waals surface area contributed by atoms with Gasteiger partial charge in [0.25, 0.3) is 0 Å². The number of aromatic nitrogens is 6. The maximum atomic E-state index is 12.7. The van der Waals surface area contributed by atoms with Crippen LogP contribution in [-0.2, 0) is 11.3 Å². The lowest BCUT2D eigenvalue weighted by Gasteiger charge is -2.10. The van der Waals surface area contributed by atoms with E-state index < -0.39 is 5.97 Å². The first-order chi connectivity index (χ1) is 18.5. The van der Waals surface area contributed by atoms with E-state index in [1.54, 1.807) is 11.5 Å². The van der Waals surface area contributed by atoms with Gasteiger partial charge in [0.1, 0.15) is 17.2 Å². The summed E-state index contributed by atoms with van der Waals surface area (Å²) in [4.78, 5) is 17.2. The van der Waals surface area contributed by atoms with Crippen molar-refractivity contribution in [2.24, 2.45) is 0 Å². The molecule has 3 heterocycles. The summed E-state index contributed by atoms with van der Waals surface area (Å²) in [6.45, 7) is 4.46. The molecule has 0 fully saturated rings. The number of hydrogen-bond donors (Lipinski definition) is 1. The summed E-state index contributed by atoms with van der Waals surface area (Å²) in [6.07, 6.45) is 5.80. The van der Waals surface area contributed by atoms with Gasteiger partial charge in [0.05, 0.1) is 11.1 Å². The molecule has 0 radical (unpaired) electrons. The molecule has 0 spiro atoms. The van der Waals surface area contributed by atoms with E-state index in [0.717, 1.165) is 39.4 Å². The summed E-state index contributed by atoms with van der Waals surface area (Å²) >= 11 is 10.1. The molecule has 0 aliphatic carbocycles. The van der Waals surface area contributed by atoms with Crippen molar-refractivity contribution in [1.29, 1.82) is 0 Å². The van der Waals surface area contributed by atoms with Crippen molar-refractivity contribution in [3.8, 4) is 22.7 Å². The number of tetrazole rings is 1. The molecule has 9 nitrogen and oxygen atoms in total. The van der Waals surface area contributed by atoms with E-state index in [-0.39, 0.29) is 17.5 Å². The first-order valence-corrected chi connectivity index (χ1v) is 13.3. The first kappa shape index (κ1) is 25.9. The molecule has 0 amide bonds. The molecule has 0 saturated heterocycles. The Labute approximate surface area is 232 Å². The van der Waals surface area contributed by atoms with Gasteiger partial charge in [-0.1, -0.05) is 61.4 Å². The van der Waals surface area contributed by atoms with Gasteiger partial charge in [-0.05, 0) is 63.5 Å². The van der Waals surface area contributed by atoms with E-state index in [2.05, 4.69) is 48.5 Å². The lowest BCUT2D eigenvalue weighted by molar-refractivity contribution is 0.0514. The van der Waals surface area contributed by atoms with Crippen LogP contribution in [0.5, 0.6) is 0 Å². The number of carbonyl (C=O) groups excluding carboxylic acids is 1. The van der Waals surface area contributed by atoms with Gasteiger partial charge in [-0.2, -0.15) is 0 Å². The minimum atomic E-state index is -0.508. The topological polar surface area (TPSA) is 112 Å². The predicted octanol–water partition coefficient (Wildman–Crippen LogP) is 6.93. The van der Waals surface area contributed by atoms with Crippen LogP contribution >= 0.6 is 27.5 Å². The minimum absolute atomic E-state index is 0.117. The fourth-order valence-corrected chi connectivity index (χ4v) is 5.08. The third-order valence-electron chi connectivity index (χ3n) is 5.95. The molecule has 0 aliphatic heterocycles. The van der Waals surface area contributed by atoms with Crippen LogP contribution in [0.2, 0.25) is 5.15 Å². The number of rotatable bonds is 9. The van der Waals surface area contributed by atoms with Crippen LogP contribution in [0.15, 0.2) is 57.4 Å². The molecule has 194 valence electrons. The maximum absolute atomic E-state index is 12.7. The SMILES string of the molecule is CCC/C=C\c1nc(Cl)c(C(=O)OCC)n1Cc1ccc2oc(-c3ccccc3-c3nnn[nH]3)c(Br)c2c1. The van der Waals surface area contributed by atoms with Crippen LogP contribution in [-0.4, -0.2) is 42.8 Å². The molecule has 38 heavy (non-hydrogen) atoms. The number of halogens is 2. The van der Waals surface area contributed by atoms with Crippen LogP contribution in [0, 0.1) is 0 Å². The van der Waals surface area contributed by atoms with E-state index in [1.165, 1.54) is 0 Å². The average molecular weight is 596 g/mol. The summed E-state index contributed by atoms with van der Waals surface area (Å²) in [5.74, 6) is 1.28. The molecule has 0 unspecified atom stereocenters. The van der Waals surface area contributed by atoms with Gasteiger partial charge in [0.2, 0.25) is 0 Å². The maximum Gasteiger partial charge on any atom is 0.358 e. The summed E-state index contributed by atoms with van der Waals surface area (Å²) in [6, 6.07) is 13.6. The fraction of sp³-hybridized carbons (Fsp3) is 0.222. The number of hydrogen-bond acceptors (Lipinski definition) is 7. The lowest BCUT2D eigenvalue weighted by Crippen LogP contribution is -2.14. The Bertz CT molecular complexity index is 1620. The number of esters is 1. The van der Waals surface area contributed by atoms with E-state index in [1.807, 2.05) is 54.6 Å². The largest absolute Gasteiger partial charge is 0.461 e. The number of aromatic amines is 1. The Morgan fingerprint density at radius 2 is 2.03 bits per heavy atom. The van der Waals surface area contributed by atoms with E-state index in [4.69, 9.17) is 20.8 Å². The Kier molecular flexibility index (Phi) is 7.71. The average Bonchev–Trinajstić information content (AvgIpc) is 3.63. The highest BCUT2D eigenvalue weighted by Gasteiger charge is 2.23. The van der Waals surface area contributed by atoms with E-state index in [9.17, 15) is 4.79 Å². The highest BCUT2D eigenvalue weighted by atomic mass is 79.9. The Hall–Kier alpha value is -3.76. The standard InChI is InChI=1S/C27H24BrClN6O3/c1-3-5-6-11-21-30-25(29)23(27(36)37-4-2)35(21)15-16-12-13-20-19(14-16)22(28)24(38-20)17-9-7-8-10-18(17)26-31-33-34-32-26/h6-14H,3-5,15H2,1-2H3,(H,31,32,33,34)/b11-6-. The normalized spacial score (nSPS) is 11.6. The lowest BCUT2D eigenvalue weighted by atomic mass is 10.0. The van der Waals surface area contributed by atoms with Gasteiger partial charge in [-0.25, -0.2) is 14.9 Å².